The molecule has 2 aliphatic heterocycles. The van der Waals surface area contributed by atoms with Crippen molar-refractivity contribution in [3.63, 3.8) is 0 Å². The standard InChI is InChI=1S/C22H25N3O5S/c1-2-15-5-7-17(8-6-15)23-22(27)16-4-3-11-25(13-16)31(28,29)18-9-10-20-19(12-18)24-21(26)14-30-20/h5-10,12,16H,2-4,11,13-14H2,1H3,(H,23,27)(H,24,26). The van der Waals surface area contributed by atoms with Crippen LogP contribution in [0.15, 0.2) is 47.4 Å². The number of nitrogens with zero attached hydrogens (tertiary/aromatic N) is 1. The molecule has 1 atom stereocenters. The molecule has 164 valence electrons. The number of rotatable bonds is 5. The van der Waals surface area contributed by atoms with E-state index >= 15 is 0 Å². The molecule has 2 amide bonds. The van der Waals surface area contributed by atoms with E-state index in [0.717, 1.165) is 6.42 Å². The lowest BCUT2D eigenvalue weighted by atomic mass is 9.98. The summed E-state index contributed by atoms with van der Waals surface area (Å²) < 4.78 is 33.0. The zero-order valence-corrected chi connectivity index (χ0v) is 18.1. The molecule has 2 N–H and O–H groups in total. The number of benzene rings is 2. The number of ether oxygens (including phenoxy) is 1. The summed E-state index contributed by atoms with van der Waals surface area (Å²) in [7, 11) is -3.81. The lowest BCUT2D eigenvalue weighted by Gasteiger charge is -2.31. The third-order valence-electron chi connectivity index (χ3n) is 5.61. The van der Waals surface area contributed by atoms with Crippen molar-refractivity contribution in [3.05, 3.63) is 48.0 Å². The molecule has 9 heteroatoms. The maximum Gasteiger partial charge on any atom is 0.262 e. The average Bonchev–Trinajstić information content (AvgIpc) is 2.79. The van der Waals surface area contributed by atoms with E-state index in [9.17, 15) is 18.0 Å². The molecule has 1 saturated heterocycles. The van der Waals surface area contributed by atoms with Crippen molar-refractivity contribution in [1.29, 1.82) is 0 Å². The van der Waals surface area contributed by atoms with Crippen LogP contribution in [0.25, 0.3) is 0 Å². The number of hydrogen-bond donors (Lipinski definition) is 2. The predicted molar refractivity (Wildman–Crippen MR) is 116 cm³/mol. The Kier molecular flexibility index (Phi) is 5.97. The summed E-state index contributed by atoms with van der Waals surface area (Å²) in [6.07, 6.45) is 2.14. The van der Waals surface area contributed by atoms with Crippen LogP contribution >= 0.6 is 0 Å². The van der Waals surface area contributed by atoms with E-state index in [4.69, 9.17) is 4.74 Å². The van der Waals surface area contributed by atoms with Crippen molar-refractivity contribution in [1.82, 2.24) is 4.31 Å². The van der Waals surface area contributed by atoms with Crippen LogP contribution in [0, 0.1) is 5.92 Å². The fraction of sp³-hybridized carbons (Fsp3) is 0.364. The van der Waals surface area contributed by atoms with Crippen molar-refractivity contribution in [2.75, 3.05) is 30.3 Å². The van der Waals surface area contributed by atoms with Crippen LogP contribution in [0.5, 0.6) is 5.75 Å². The summed E-state index contributed by atoms with van der Waals surface area (Å²) in [5.41, 5.74) is 2.21. The van der Waals surface area contributed by atoms with Gasteiger partial charge < -0.3 is 15.4 Å². The molecule has 1 fully saturated rings. The number of aryl methyl sites for hydroxylation is 1. The molecule has 2 heterocycles. The maximum atomic E-state index is 13.2. The third-order valence-corrected chi connectivity index (χ3v) is 7.47. The second kappa shape index (κ2) is 8.68. The van der Waals surface area contributed by atoms with Gasteiger partial charge in [-0.3, -0.25) is 9.59 Å². The topological polar surface area (TPSA) is 105 Å². The molecule has 2 aliphatic rings. The zero-order valence-electron chi connectivity index (χ0n) is 17.3. The molecule has 0 aromatic heterocycles. The first kappa shape index (κ1) is 21.3. The molecule has 0 saturated carbocycles. The first-order valence-electron chi connectivity index (χ1n) is 10.3. The lowest BCUT2D eigenvalue weighted by Crippen LogP contribution is -2.43. The number of fused-ring (bicyclic) bond motifs is 1. The molecule has 0 radical (unpaired) electrons. The summed E-state index contributed by atoms with van der Waals surface area (Å²) >= 11 is 0. The number of sulfonamides is 1. The number of piperidine rings is 1. The van der Waals surface area contributed by atoms with E-state index in [1.54, 1.807) is 0 Å². The first-order chi connectivity index (χ1) is 14.9. The van der Waals surface area contributed by atoms with Gasteiger partial charge in [-0.05, 0) is 55.2 Å². The van der Waals surface area contributed by atoms with Gasteiger partial charge in [-0.15, -0.1) is 0 Å². The fourth-order valence-corrected chi connectivity index (χ4v) is 5.37. The number of nitrogens with one attached hydrogen (secondary N) is 2. The summed E-state index contributed by atoms with van der Waals surface area (Å²) in [4.78, 5) is 24.4. The van der Waals surface area contributed by atoms with Crippen LogP contribution < -0.4 is 15.4 Å². The Labute approximate surface area is 181 Å². The fourth-order valence-electron chi connectivity index (χ4n) is 3.81. The summed E-state index contributed by atoms with van der Waals surface area (Å²) in [6.45, 7) is 2.43. The lowest BCUT2D eigenvalue weighted by molar-refractivity contribution is -0.121. The van der Waals surface area contributed by atoms with Crippen molar-refractivity contribution >= 4 is 33.2 Å². The van der Waals surface area contributed by atoms with Crippen molar-refractivity contribution in [2.24, 2.45) is 5.92 Å². The SMILES string of the molecule is CCc1ccc(NC(=O)C2CCCN(S(=O)(=O)c3ccc4c(c3)NC(=O)CO4)C2)cc1. The van der Waals surface area contributed by atoms with Gasteiger partial charge in [-0.2, -0.15) is 4.31 Å². The van der Waals surface area contributed by atoms with E-state index in [2.05, 4.69) is 17.6 Å². The number of carbonyl (C=O) groups excluding carboxylic acids is 2. The Morgan fingerprint density at radius 2 is 2.00 bits per heavy atom. The van der Waals surface area contributed by atoms with Crippen LogP contribution in [0.1, 0.15) is 25.3 Å². The van der Waals surface area contributed by atoms with Crippen LogP contribution in [0.2, 0.25) is 0 Å². The van der Waals surface area contributed by atoms with E-state index in [-0.39, 0.29) is 29.9 Å². The monoisotopic (exact) mass is 443 g/mol. The van der Waals surface area contributed by atoms with E-state index < -0.39 is 15.9 Å². The van der Waals surface area contributed by atoms with Gasteiger partial charge in [0.2, 0.25) is 15.9 Å². The van der Waals surface area contributed by atoms with Gasteiger partial charge in [0.1, 0.15) is 5.75 Å². The Bertz CT molecular complexity index is 1100. The Morgan fingerprint density at radius 1 is 1.23 bits per heavy atom. The maximum absolute atomic E-state index is 13.2. The molecule has 0 bridgehead atoms. The molecule has 1 unspecified atom stereocenters. The number of carbonyl (C=O) groups is 2. The highest BCUT2D eigenvalue weighted by molar-refractivity contribution is 7.89. The van der Waals surface area contributed by atoms with Crippen LogP contribution in [-0.4, -0.2) is 44.2 Å². The van der Waals surface area contributed by atoms with E-state index in [1.165, 1.54) is 28.1 Å². The van der Waals surface area contributed by atoms with Gasteiger partial charge in [0.25, 0.3) is 5.91 Å². The van der Waals surface area contributed by atoms with Gasteiger partial charge in [0, 0.05) is 18.8 Å². The molecular formula is C22H25N3O5S. The molecule has 2 aromatic rings. The summed E-state index contributed by atoms with van der Waals surface area (Å²) in [5, 5.41) is 5.52. The molecule has 2 aromatic carbocycles. The van der Waals surface area contributed by atoms with E-state index in [1.807, 2.05) is 24.3 Å². The number of anilines is 2. The molecular weight excluding hydrogens is 418 g/mol. The van der Waals surface area contributed by atoms with E-state index in [0.29, 0.717) is 36.5 Å². The average molecular weight is 444 g/mol. The highest BCUT2D eigenvalue weighted by Crippen LogP contribution is 2.32. The minimum absolute atomic E-state index is 0.0632. The normalized spacial score (nSPS) is 19.1. The van der Waals surface area contributed by atoms with Gasteiger partial charge in [0.15, 0.2) is 6.61 Å². The zero-order chi connectivity index (χ0) is 22.0. The van der Waals surface area contributed by atoms with Crippen LogP contribution in [0.4, 0.5) is 11.4 Å². The first-order valence-corrected chi connectivity index (χ1v) is 11.8. The highest BCUT2D eigenvalue weighted by Gasteiger charge is 2.34. The Hall–Kier alpha value is -2.91. The van der Waals surface area contributed by atoms with Crippen molar-refractivity contribution < 1.29 is 22.7 Å². The third kappa shape index (κ3) is 4.57. The number of amides is 2. The van der Waals surface area contributed by atoms with Gasteiger partial charge in [-0.25, -0.2) is 8.42 Å². The summed E-state index contributed by atoms with van der Waals surface area (Å²) in [5.74, 6) is -0.516. The quantitative estimate of drug-likeness (QED) is 0.739. The van der Waals surface area contributed by atoms with Crippen molar-refractivity contribution in [3.8, 4) is 5.75 Å². The minimum Gasteiger partial charge on any atom is -0.482 e. The molecule has 0 spiro atoms. The van der Waals surface area contributed by atoms with Gasteiger partial charge in [0.05, 0.1) is 16.5 Å². The highest BCUT2D eigenvalue weighted by atomic mass is 32.2. The minimum atomic E-state index is -3.81. The predicted octanol–water partition coefficient (Wildman–Crippen LogP) is 2.62. The largest absolute Gasteiger partial charge is 0.482 e. The molecule has 31 heavy (non-hydrogen) atoms. The smallest absolute Gasteiger partial charge is 0.262 e. The van der Waals surface area contributed by atoms with Crippen LogP contribution in [0.3, 0.4) is 0 Å². The van der Waals surface area contributed by atoms with Crippen molar-refractivity contribution in [2.45, 2.75) is 31.1 Å². The van der Waals surface area contributed by atoms with Gasteiger partial charge in [-0.1, -0.05) is 19.1 Å². The Morgan fingerprint density at radius 3 is 2.74 bits per heavy atom. The van der Waals surface area contributed by atoms with Crippen LogP contribution in [-0.2, 0) is 26.0 Å². The Balaban J connectivity index is 1.47. The second-order valence-corrected chi connectivity index (χ2v) is 9.67. The second-order valence-electron chi connectivity index (χ2n) is 7.74. The van der Waals surface area contributed by atoms with Gasteiger partial charge >= 0.3 is 0 Å². The summed E-state index contributed by atoms with van der Waals surface area (Å²) in [6, 6.07) is 12.0. The number of hydrogen-bond acceptors (Lipinski definition) is 5. The molecule has 8 nitrogen and oxygen atoms in total. The molecule has 4 rings (SSSR count). The molecule has 0 aliphatic carbocycles.